The van der Waals surface area contributed by atoms with Crippen molar-refractivity contribution in [2.24, 2.45) is 5.41 Å². The van der Waals surface area contributed by atoms with E-state index in [2.05, 4.69) is 0 Å². The molecule has 3 N–H and O–H groups in total. The second-order valence-corrected chi connectivity index (χ2v) is 5.43. The van der Waals surface area contributed by atoms with Gasteiger partial charge in [-0.3, -0.25) is 0 Å². The van der Waals surface area contributed by atoms with Crippen molar-refractivity contribution >= 4 is 11.9 Å². The molecule has 1 aromatic carbocycles. The summed E-state index contributed by atoms with van der Waals surface area (Å²) in [6, 6.07) is 6.02. The van der Waals surface area contributed by atoms with Crippen LogP contribution in [-0.4, -0.2) is 47.1 Å². The number of hydrogen-bond acceptors (Lipinski definition) is 5. The highest BCUT2D eigenvalue weighted by Crippen LogP contribution is 2.16. The predicted octanol–water partition coefficient (Wildman–Crippen LogP) is 1.56. The average molecular weight is 298 g/mol. The fourth-order valence-corrected chi connectivity index (χ4v) is 1.21. The van der Waals surface area contributed by atoms with Crippen LogP contribution < -0.4 is 0 Å². The van der Waals surface area contributed by atoms with E-state index in [1.54, 1.807) is 12.1 Å². The molecule has 0 aromatic heterocycles. The Kier molecular flexibility index (Phi) is 8.26. The number of carboxylic acids is 1. The van der Waals surface area contributed by atoms with Crippen molar-refractivity contribution in [3.63, 3.8) is 0 Å². The summed E-state index contributed by atoms with van der Waals surface area (Å²) in [5, 5.41) is 24.2. The lowest BCUT2D eigenvalue weighted by Crippen LogP contribution is -2.19. The van der Waals surface area contributed by atoms with Gasteiger partial charge < -0.3 is 20.1 Å². The molecule has 0 saturated heterocycles. The van der Waals surface area contributed by atoms with Gasteiger partial charge in [0.05, 0.1) is 30.9 Å². The smallest absolute Gasteiger partial charge is 0.339 e. The van der Waals surface area contributed by atoms with Crippen molar-refractivity contribution in [3.05, 3.63) is 35.4 Å². The van der Waals surface area contributed by atoms with Gasteiger partial charge in [0, 0.05) is 0 Å². The van der Waals surface area contributed by atoms with Crippen LogP contribution in [0.1, 0.15) is 41.5 Å². The maximum atomic E-state index is 11.7. The van der Waals surface area contributed by atoms with Gasteiger partial charge in [-0.25, -0.2) is 9.59 Å². The molecule has 0 bridgehead atoms. The zero-order valence-electron chi connectivity index (χ0n) is 12.5. The molecule has 118 valence electrons. The molecular formula is C15H22O6. The van der Waals surface area contributed by atoms with Gasteiger partial charge >= 0.3 is 11.9 Å². The molecule has 21 heavy (non-hydrogen) atoms. The molecule has 0 aliphatic rings. The normalized spacial score (nSPS) is 10.3. The Labute approximate surface area is 124 Å². The lowest BCUT2D eigenvalue weighted by Gasteiger charge is -2.18. The molecule has 0 atom stereocenters. The summed E-state index contributed by atoms with van der Waals surface area (Å²) >= 11 is 0. The van der Waals surface area contributed by atoms with Gasteiger partial charge in [-0.2, -0.15) is 0 Å². The Bertz CT molecular complexity index is 459. The van der Waals surface area contributed by atoms with E-state index in [-0.39, 0.29) is 36.4 Å². The minimum atomic E-state index is -1.13. The summed E-state index contributed by atoms with van der Waals surface area (Å²) in [5.74, 6) is -1.73. The second-order valence-electron chi connectivity index (χ2n) is 5.43. The van der Waals surface area contributed by atoms with E-state index in [4.69, 9.17) is 20.1 Å². The van der Waals surface area contributed by atoms with Crippen LogP contribution in [0.15, 0.2) is 24.3 Å². The molecule has 1 aromatic rings. The number of ether oxygens (including phenoxy) is 1. The first-order valence-electron chi connectivity index (χ1n) is 6.44. The molecule has 0 spiro atoms. The van der Waals surface area contributed by atoms with Crippen LogP contribution in [0, 0.1) is 5.41 Å². The maximum absolute atomic E-state index is 11.7. The van der Waals surface area contributed by atoms with E-state index < -0.39 is 11.9 Å². The van der Waals surface area contributed by atoms with Gasteiger partial charge in [-0.15, -0.1) is 0 Å². The van der Waals surface area contributed by atoms with Crippen molar-refractivity contribution in [1.29, 1.82) is 0 Å². The molecule has 0 saturated carbocycles. The molecule has 0 fully saturated rings. The third-order valence-electron chi connectivity index (χ3n) is 2.11. The number of aromatic carboxylic acids is 1. The molecule has 0 heterocycles. The summed E-state index contributed by atoms with van der Waals surface area (Å²) in [7, 11) is 0. The van der Waals surface area contributed by atoms with Crippen molar-refractivity contribution in [3.8, 4) is 0 Å². The quantitative estimate of drug-likeness (QED) is 0.729. The first-order chi connectivity index (χ1) is 9.72. The van der Waals surface area contributed by atoms with Crippen LogP contribution in [0.5, 0.6) is 0 Å². The summed E-state index contributed by atoms with van der Waals surface area (Å²) in [6.45, 7) is 5.80. The fourth-order valence-electron chi connectivity index (χ4n) is 1.21. The zero-order chi connectivity index (χ0) is 16.5. The molecule has 0 aliphatic carbocycles. The van der Waals surface area contributed by atoms with E-state index >= 15 is 0 Å². The molecule has 6 heteroatoms. The Balaban J connectivity index is 0.000000885. The number of carboxylic acid groups (broad SMARTS) is 1. The topological polar surface area (TPSA) is 104 Å². The van der Waals surface area contributed by atoms with Crippen LogP contribution in [0.3, 0.4) is 0 Å². The van der Waals surface area contributed by atoms with E-state index in [1.807, 2.05) is 20.8 Å². The Hall–Kier alpha value is -1.92. The summed E-state index contributed by atoms with van der Waals surface area (Å²) < 4.78 is 5.08. The minimum Gasteiger partial charge on any atom is -0.478 e. The predicted molar refractivity (Wildman–Crippen MR) is 77.3 cm³/mol. The highest BCUT2D eigenvalue weighted by molar-refractivity contribution is 6.02. The van der Waals surface area contributed by atoms with Crippen molar-refractivity contribution in [2.75, 3.05) is 19.8 Å². The molecular weight excluding hydrogens is 276 g/mol. The first kappa shape index (κ1) is 19.1. The number of hydrogen-bond donors (Lipinski definition) is 3. The van der Waals surface area contributed by atoms with Crippen LogP contribution in [0.2, 0.25) is 0 Å². The number of esters is 1. The molecule has 0 aliphatic heterocycles. The van der Waals surface area contributed by atoms with Gasteiger partial charge in [-0.1, -0.05) is 32.9 Å². The van der Waals surface area contributed by atoms with Gasteiger partial charge in [-0.05, 0) is 17.5 Å². The summed E-state index contributed by atoms with van der Waals surface area (Å²) in [4.78, 5) is 22.7. The molecule has 0 unspecified atom stereocenters. The number of aliphatic hydroxyl groups is 2. The van der Waals surface area contributed by atoms with Crippen molar-refractivity contribution < 1.29 is 29.6 Å². The summed E-state index contributed by atoms with van der Waals surface area (Å²) in [6.07, 6.45) is 0. The van der Waals surface area contributed by atoms with Crippen LogP contribution in [0.4, 0.5) is 0 Å². The van der Waals surface area contributed by atoms with Crippen molar-refractivity contribution in [1.82, 2.24) is 0 Å². The Morgan fingerprint density at radius 3 is 1.90 bits per heavy atom. The van der Waals surface area contributed by atoms with Crippen LogP contribution in [-0.2, 0) is 4.74 Å². The standard InChI is InChI=1S/C13H16O4.C2H6O2/c1-13(2,3)8-17-12(16)10-7-5-4-6-9(10)11(14)15;3-1-2-4/h4-7H,8H2,1-3H3,(H,14,15);3-4H,1-2H2. The van der Waals surface area contributed by atoms with Gasteiger partial charge in [0.25, 0.3) is 0 Å². The Morgan fingerprint density at radius 2 is 1.52 bits per heavy atom. The maximum Gasteiger partial charge on any atom is 0.339 e. The number of aliphatic hydroxyl groups excluding tert-OH is 2. The first-order valence-corrected chi connectivity index (χ1v) is 6.44. The second kappa shape index (κ2) is 9.10. The average Bonchev–Trinajstić information content (AvgIpc) is 2.44. The fraction of sp³-hybridized carbons (Fsp3) is 0.467. The SMILES string of the molecule is CC(C)(C)COC(=O)c1ccccc1C(=O)O.OCCO. The zero-order valence-corrected chi connectivity index (χ0v) is 12.5. The van der Waals surface area contributed by atoms with E-state index in [0.29, 0.717) is 0 Å². The highest BCUT2D eigenvalue weighted by Gasteiger charge is 2.19. The lowest BCUT2D eigenvalue weighted by atomic mass is 9.98. The minimum absolute atomic E-state index is 0.0357. The number of carbonyl (C=O) groups excluding carboxylic acids is 1. The molecule has 1 rings (SSSR count). The number of rotatable bonds is 4. The molecule has 6 nitrogen and oxygen atoms in total. The third kappa shape index (κ3) is 8.06. The number of benzene rings is 1. The monoisotopic (exact) mass is 298 g/mol. The largest absolute Gasteiger partial charge is 0.478 e. The summed E-state index contributed by atoms with van der Waals surface area (Å²) in [5.41, 5.74) is -0.0935. The van der Waals surface area contributed by atoms with Gasteiger partial charge in [0.2, 0.25) is 0 Å². The van der Waals surface area contributed by atoms with Crippen LogP contribution >= 0.6 is 0 Å². The number of carbonyl (C=O) groups is 2. The van der Waals surface area contributed by atoms with Gasteiger partial charge in [0.15, 0.2) is 0 Å². The lowest BCUT2D eigenvalue weighted by molar-refractivity contribution is 0.0361. The van der Waals surface area contributed by atoms with Gasteiger partial charge in [0.1, 0.15) is 0 Å². The Morgan fingerprint density at radius 1 is 1.05 bits per heavy atom. The molecule has 0 amide bonds. The van der Waals surface area contributed by atoms with Crippen molar-refractivity contribution in [2.45, 2.75) is 20.8 Å². The third-order valence-corrected chi connectivity index (χ3v) is 2.11. The van der Waals surface area contributed by atoms with E-state index in [9.17, 15) is 9.59 Å². The van der Waals surface area contributed by atoms with E-state index in [1.165, 1.54) is 12.1 Å². The highest BCUT2D eigenvalue weighted by atomic mass is 16.5. The van der Waals surface area contributed by atoms with Crippen LogP contribution in [0.25, 0.3) is 0 Å². The molecule has 0 radical (unpaired) electrons. The van der Waals surface area contributed by atoms with E-state index in [0.717, 1.165) is 0 Å².